The zero-order valence-corrected chi connectivity index (χ0v) is 13.6. The summed E-state index contributed by atoms with van der Waals surface area (Å²) in [4.78, 5) is 16.6. The molecule has 0 radical (unpaired) electrons. The van der Waals surface area contributed by atoms with Crippen LogP contribution in [0.5, 0.6) is 11.5 Å². The topological polar surface area (TPSA) is 60.5 Å². The Hall–Kier alpha value is -3.08. The SMILES string of the molecule is COc1ccc(OCC(=O)Nc2cccc3nc(C)ccc23)cc1. The van der Waals surface area contributed by atoms with E-state index in [1.807, 2.05) is 37.3 Å². The third-order valence-corrected chi connectivity index (χ3v) is 3.57. The first-order chi connectivity index (χ1) is 11.7. The number of methoxy groups -OCH3 is 1. The molecule has 0 fully saturated rings. The Morgan fingerprint density at radius 2 is 1.79 bits per heavy atom. The maximum absolute atomic E-state index is 12.1. The van der Waals surface area contributed by atoms with E-state index in [4.69, 9.17) is 9.47 Å². The fourth-order valence-corrected chi connectivity index (χ4v) is 2.37. The normalized spacial score (nSPS) is 10.4. The molecule has 1 amide bonds. The van der Waals surface area contributed by atoms with Crippen LogP contribution in [0, 0.1) is 6.92 Å². The molecule has 0 spiro atoms. The van der Waals surface area contributed by atoms with Gasteiger partial charge in [-0.2, -0.15) is 0 Å². The molecule has 122 valence electrons. The van der Waals surface area contributed by atoms with Crippen LogP contribution in [-0.4, -0.2) is 24.6 Å². The standard InChI is InChI=1S/C19H18N2O3/c1-13-6-11-16-17(20-13)4-3-5-18(16)21-19(22)12-24-15-9-7-14(23-2)8-10-15/h3-11H,12H2,1-2H3,(H,21,22). The van der Waals surface area contributed by atoms with Crippen LogP contribution < -0.4 is 14.8 Å². The van der Waals surface area contributed by atoms with E-state index in [1.54, 1.807) is 31.4 Å². The summed E-state index contributed by atoms with van der Waals surface area (Å²) < 4.78 is 10.6. The number of fused-ring (bicyclic) bond motifs is 1. The lowest BCUT2D eigenvalue weighted by Gasteiger charge is -2.10. The number of amides is 1. The third kappa shape index (κ3) is 3.63. The number of anilines is 1. The Labute approximate surface area is 140 Å². The molecule has 0 aliphatic rings. The first kappa shape index (κ1) is 15.8. The van der Waals surface area contributed by atoms with Crippen LogP contribution in [0.3, 0.4) is 0 Å². The minimum Gasteiger partial charge on any atom is -0.497 e. The molecular formula is C19H18N2O3. The first-order valence-electron chi connectivity index (χ1n) is 7.59. The molecule has 0 saturated heterocycles. The van der Waals surface area contributed by atoms with Gasteiger partial charge in [-0.1, -0.05) is 6.07 Å². The zero-order valence-electron chi connectivity index (χ0n) is 13.6. The number of rotatable bonds is 5. The molecule has 2 aromatic carbocycles. The fraction of sp³-hybridized carbons (Fsp3) is 0.158. The molecule has 1 heterocycles. The average Bonchev–Trinajstić information content (AvgIpc) is 2.60. The molecule has 24 heavy (non-hydrogen) atoms. The third-order valence-electron chi connectivity index (χ3n) is 3.57. The molecule has 0 unspecified atom stereocenters. The maximum Gasteiger partial charge on any atom is 0.262 e. The highest BCUT2D eigenvalue weighted by Gasteiger charge is 2.07. The fourth-order valence-electron chi connectivity index (χ4n) is 2.37. The zero-order chi connectivity index (χ0) is 16.9. The van der Waals surface area contributed by atoms with Gasteiger partial charge in [-0.15, -0.1) is 0 Å². The van der Waals surface area contributed by atoms with Crippen molar-refractivity contribution in [2.24, 2.45) is 0 Å². The monoisotopic (exact) mass is 322 g/mol. The minimum absolute atomic E-state index is 0.0675. The summed E-state index contributed by atoms with van der Waals surface area (Å²) in [5.41, 5.74) is 2.51. The largest absolute Gasteiger partial charge is 0.497 e. The molecule has 5 nitrogen and oxygen atoms in total. The lowest BCUT2D eigenvalue weighted by Crippen LogP contribution is -2.20. The predicted molar refractivity (Wildman–Crippen MR) is 93.6 cm³/mol. The molecule has 1 aromatic heterocycles. The number of benzene rings is 2. The van der Waals surface area contributed by atoms with Gasteiger partial charge in [0.15, 0.2) is 6.61 Å². The van der Waals surface area contributed by atoms with E-state index in [-0.39, 0.29) is 12.5 Å². The second kappa shape index (κ2) is 7.00. The summed E-state index contributed by atoms with van der Waals surface area (Å²) in [6, 6.07) is 16.6. The lowest BCUT2D eigenvalue weighted by atomic mass is 10.1. The summed E-state index contributed by atoms with van der Waals surface area (Å²) in [6.07, 6.45) is 0. The Morgan fingerprint density at radius 1 is 1.04 bits per heavy atom. The highest BCUT2D eigenvalue weighted by molar-refractivity contribution is 6.01. The molecule has 5 heteroatoms. The van der Waals surface area contributed by atoms with Gasteiger partial charge in [0.05, 0.1) is 18.3 Å². The van der Waals surface area contributed by atoms with Crippen molar-refractivity contribution >= 4 is 22.5 Å². The number of carbonyl (C=O) groups is 1. The summed E-state index contributed by atoms with van der Waals surface area (Å²) in [5.74, 6) is 1.13. The maximum atomic E-state index is 12.1. The smallest absolute Gasteiger partial charge is 0.262 e. The van der Waals surface area contributed by atoms with Crippen molar-refractivity contribution in [1.82, 2.24) is 4.98 Å². The van der Waals surface area contributed by atoms with Crippen molar-refractivity contribution in [3.05, 3.63) is 60.3 Å². The molecule has 0 aliphatic heterocycles. The number of nitrogens with zero attached hydrogens (tertiary/aromatic N) is 1. The van der Waals surface area contributed by atoms with Gasteiger partial charge in [0.25, 0.3) is 5.91 Å². The number of pyridine rings is 1. The number of aromatic nitrogens is 1. The van der Waals surface area contributed by atoms with E-state index in [0.29, 0.717) is 5.75 Å². The van der Waals surface area contributed by atoms with Crippen LogP contribution in [0.2, 0.25) is 0 Å². The van der Waals surface area contributed by atoms with E-state index in [9.17, 15) is 4.79 Å². The van der Waals surface area contributed by atoms with Crippen LogP contribution in [0.15, 0.2) is 54.6 Å². The van der Waals surface area contributed by atoms with E-state index >= 15 is 0 Å². The molecular weight excluding hydrogens is 304 g/mol. The van der Waals surface area contributed by atoms with Gasteiger partial charge in [-0.05, 0) is 55.5 Å². The Bertz CT molecular complexity index is 860. The van der Waals surface area contributed by atoms with Crippen molar-refractivity contribution in [1.29, 1.82) is 0 Å². The van der Waals surface area contributed by atoms with Gasteiger partial charge in [0, 0.05) is 11.1 Å². The highest BCUT2D eigenvalue weighted by atomic mass is 16.5. The second-order valence-electron chi connectivity index (χ2n) is 5.34. The second-order valence-corrected chi connectivity index (χ2v) is 5.34. The summed E-state index contributed by atoms with van der Waals surface area (Å²) in [5, 5.41) is 3.77. The molecule has 0 atom stereocenters. The molecule has 0 bridgehead atoms. The number of carbonyl (C=O) groups excluding carboxylic acids is 1. The number of hydrogen-bond donors (Lipinski definition) is 1. The first-order valence-corrected chi connectivity index (χ1v) is 7.59. The molecule has 1 N–H and O–H groups in total. The van der Waals surface area contributed by atoms with Crippen molar-refractivity contribution in [2.75, 3.05) is 19.0 Å². The number of hydrogen-bond acceptors (Lipinski definition) is 4. The van der Waals surface area contributed by atoms with E-state index < -0.39 is 0 Å². The summed E-state index contributed by atoms with van der Waals surface area (Å²) in [7, 11) is 1.60. The van der Waals surface area contributed by atoms with Gasteiger partial charge < -0.3 is 14.8 Å². The Morgan fingerprint density at radius 3 is 2.54 bits per heavy atom. The lowest BCUT2D eigenvalue weighted by molar-refractivity contribution is -0.118. The van der Waals surface area contributed by atoms with Gasteiger partial charge in [0.2, 0.25) is 0 Å². The van der Waals surface area contributed by atoms with Crippen LogP contribution >= 0.6 is 0 Å². The van der Waals surface area contributed by atoms with E-state index in [1.165, 1.54) is 0 Å². The van der Waals surface area contributed by atoms with Gasteiger partial charge in [-0.25, -0.2) is 0 Å². The van der Waals surface area contributed by atoms with Crippen molar-refractivity contribution in [3.8, 4) is 11.5 Å². The van der Waals surface area contributed by atoms with Crippen LogP contribution in [0.25, 0.3) is 10.9 Å². The van der Waals surface area contributed by atoms with Gasteiger partial charge >= 0.3 is 0 Å². The average molecular weight is 322 g/mol. The van der Waals surface area contributed by atoms with Crippen molar-refractivity contribution in [2.45, 2.75) is 6.92 Å². The highest BCUT2D eigenvalue weighted by Crippen LogP contribution is 2.22. The molecule has 0 aliphatic carbocycles. The Kier molecular flexibility index (Phi) is 4.61. The number of nitrogens with one attached hydrogen (secondary N) is 1. The van der Waals surface area contributed by atoms with Crippen molar-refractivity contribution in [3.63, 3.8) is 0 Å². The van der Waals surface area contributed by atoms with Gasteiger partial charge in [0.1, 0.15) is 11.5 Å². The predicted octanol–water partition coefficient (Wildman–Crippen LogP) is 3.57. The molecule has 3 rings (SSSR count). The minimum atomic E-state index is -0.223. The quantitative estimate of drug-likeness (QED) is 0.780. The van der Waals surface area contributed by atoms with Crippen LogP contribution in [0.1, 0.15) is 5.69 Å². The van der Waals surface area contributed by atoms with E-state index in [2.05, 4.69) is 10.3 Å². The number of ether oxygens (including phenoxy) is 2. The van der Waals surface area contributed by atoms with Crippen LogP contribution in [-0.2, 0) is 4.79 Å². The molecule has 0 saturated carbocycles. The number of aryl methyl sites for hydroxylation is 1. The van der Waals surface area contributed by atoms with Crippen LogP contribution in [0.4, 0.5) is 5.69 Å². The Balaban J connectivity index is 1.66. The van der Waals surface area contributed by atoms with Gasteiger partial charge in [-0.3, -0.25) is 9.78 Å². The van der Waals surface area contributed by atoms with Crippen molar-refractivity contribution < 1.29 is 14.3 Å². The summed E-state index contributed by atoms with van der Waals surface area (Å²) >= 11 is 0. The molecule has 3 aromatic rings. The summed E-state index contributed by atoms with van der Waals surface area (Å²) in [6.45, 7) is 1.87. The van der Waals surface area contributed by atoms with E-state index in [0.717, 1.165) is 28.0 Å².